The van der Waals surface area contributed by atoms with Crippen molar-refractivity contribution in [3.63, 3.8) is 0 Å². The molecular weight excluding hydrogens is 841 g/mol. The molecule has 0 aromatic carbocycles. The van der Waals surface area contributed by atoms with Crippen LogP contribution in [0.25, 0.3) is 0 Å². The van der Waals surface area contributed by atoms with Crippen molar-refractivity contribution in [2.45, 2.75) is 181 Å². The van der Waals surface area contributed by atoms with E-state index in [-0.39, 0.29) is 24.7 Å². The van der Waals surface area contributed by atoms with Crippen LogP contribution in [0.1, 0.15) is 181 Å². The maximum Gasteiger partial charge on any atom is 0.223 e. The summed E-state index contributed by atoms with van der Waals surface area (Å²) in [5.74, 6) is 0.00271. The highest BCUT2D eigenvalue weighted by molar-refractivity contribution is 7.80. The van der Waals surface area contributed by atoms with Crippen LogP contribution in [0.5, 0.6) is 0 Å². The van der Waals surface area contributed by atoms with Gasteiger partial charge < -0.3 is 52.8 Å². The van der Waals surface area contributed by atoms with Gasteiger partial charge in [0.05, 0.1) is 0 Å². The number of nitrogens with zero attached hydrogens (tertiary/aromatic N) is 1. The minimum Gasteiger partial charge on any atom is -0.366 e. The molecule has 16 heteroatoms. The molecule has 0 aromatic rings. The zero-order chi connectivity index (χ0) is 44.9. The van der Waals surface area contributed by atoms with Crippen molar-refractivity contribution >= 4 is 81.1 Å². The predicted octanol–water partition coefficient (Wildman–Crippen LogP) is 7.60. The Hall–Kier alpha value is -2.30. The lowest BCUT2D eigenvalue weighted by Crippen LogP contribution is -2.46. The van der Waals surface area contributed by atoms with Crippen LogP contribution in [-0.4, -0.2) is 110 Å². The van der Waals surface area contributed by atoms with Gasteiger partial charge in [0.2, 0.25) is 11.8 Å². The molecule has 0 spiro atoms. The Balaban J connectivity index is 4.24. The van der Waals surface area contributed by atoms with Gasteiger partial charge in [-0.1, -0.05) is 155 Å². The van der Waals surface area contributed by atoms with Crippen LogP contribution >= 0.6 is 48.9 Å². The first kappa shape index (κ1) is 58.7. The van der Waals surface area contributed by atoms with Gasteiger partial charge in [-0.05, 0) is 61.7 Å². The maximum atomic E-state index is 13.3. The smallest absolute Gasteiger partial charge is 0.223 e. The van der Waals surface area contributed by atoms with E-state index in [1.807, 2.05) is 4.90 Å². The highest BCUT2D eigenvalue weighted by Crippen LogP contribution is 2.15. The molecule has 0 fully saturated rings. The molecule has 0 aliphatic heterocycles. The Morgan fingerprint density at radius 3 is 0.918 bits per heavy atom. The van der Waals surface area contributed by atoms with E-state index in [4.69, 9.17) is 48.9 Å². The van der Waals surface area contributed by atoms with Gasteiger partial charge in [0.1, 0.15) is 0 Å². The van der Waals surface area contributed by atoms with E-state index >= 15 is 0 Å². The summed E-state index contributed by atoms with van der Waals surface area (Å²) in [6.07, 6.45) is 31.8. The summed E-state index contributed by atoms with van der Waals surface area (Å²) in [5.41, 5.74) is 0. The van der Waals surface area contributed by atoms with Gasteiger partial charge in [0, 0.05) is 85.3 Å². The molecule has 0 rings (SSSR count). The Morgan fingerprint density at radius 2 is 0.623 bits per heavy atom. The second-order valence-electron chi connectivity index (χ2n) is 16.1. The number of nitrogens with one attached hydrogen (secondary N) is 9. The fourth-order valence-corrected chi connectivity index (χ4v) is 7.54. The summed E-state index contributed by atoms with van der Waals surface area (Å²) in [7, 11) is 1.77. The molecule has 0 saturated carbocycles. The summed E-state index contributed by atoms with van der Waals surface area (Å²) in [6.45, 7) is 10.8. The Labute approximate surface area is 394 Å². The maximum absolute atomic E-state index is 13.3. The third-order valence-corrected chi connectivity index (χ3v) is 11.7. The average molecular weight is 932 g/mol. The van der Waals surface area contributed by atoms with Gasteiger partial charge in [0.15, 0.2) is 20.4 Å². The Morgan fingerprint density at radius 1 is 0.361 bits per heavy atom. The number of hydrogen-bond donors (Lipinski definition) is 9. The average Bonchev–Trinajstić information content (AvgIpc) is 3.25. The van der Waals surface area contributed by atoms with Crippen molar-refractivity contribution in [3.8, 4) is 0 Å². The molecule has 0 unspecified atom stereocenters. The summed E-state index contributed by atoms with van der Waals surface area (Å²) < 4.78 is 0. The Bertz CT molecular complexity index is 1090. The summed E-state index contributed by atoms with van der Waals surface area (Å²) in [5, 5.41) is 29.8. The van der Waals surface area contributed by atoms with Crippen molar-refractivity contribution < 1.29 is 9.59 Å². The molecule has 0 atom stereocenters. The van der Waals surface area contributed by atoms with E-state index in [1.54, 1.807) is 7.05 Å². The molecule has 0 radical (unpaired) electrons. The van der Waals surface area contributed by atoms with Gasteiger partial charge in [-0.3, -0.25) is 9.59 Å². The second-order valence-corrected chi connectivity index (χ2v) is 17.7. The second kappa shape index (κ2) is 45.7. The largest absolute Gasteiger partial charge is 0.366 e. The number of thiocarbonyl (C=S) groups is 4. The summed E-state index contributed by atoms with van der Waals surface area (Å²) in [6, 6.07) is 0. The lowest BCUT2D eigenvalue weighted by atomic mass is 10.0. The van der Waals surface area contributed by atoms with E-state index in [9.17, 15) is 9.59 Å². The molecular formula is C45H90N10O2S4. The van der Waals surface area contributed by atoms with E-state index in [2.05, 4.69) is 61.7 Å². The first-order valence-corrected chi connectivity index (χ1v) is 25.9. The minimum absolute atomic E-state index is 0.106. The number of amides is 2. The monoisotopic (exact) mass is 931 g/mol. The normalized spacial score (nSPS) is 10.7. The topological polar surface area (TPSA) is 146 Å². The van der Waals surface area contributed by atoms with Gasteiger partial charge in [-0.25, -0.2) is 0 Å². The van der Waals surface area contributed by atoms with E-state index in [0.717, 1.165) is 25.9 Å². The predicted molar refractivity (Wildman–Crippen MR) is 276 cm³/mol. The quantitative estimate of drug-likeness (QED) is 0.0219. The van der Waals surface area contributed by atoms with Crippen molar-refractivity contribution in [1.29, 1.82) is 0 Å². The summed E-state index contributed by atoms with van der Waals surface area (Å²) in [4.78, 5) is 28.0. The minimum atomic E-state index is -0.106. The summed E-state index contributed by atoms with van der Waals surface area (Å²) >= 11 is 21.0. The zero-order valence-electron chi connectivity index (χ0n) is 38.9. The molecule has 2 amide bonds. The van der Waals surface area contributed by atoms with Gasteiger partial charge in [-0.2, -0.15) is 0 Å². The first-order valence-electron chi connectivity index (χ1n) is 24.3. The number of rotatable bonds is 41. The van der Waals surface area contributed by atoms with Crippen LogP contribution in [0.15, 0.2) is 0 Å². The molecule has 0 bridgehead atoms. The van der Waals surface area contributed by atoms with E-state index in [0.29, 0.717) is 72.8 Å². The molecule has 356 valence electrons. The van der Waals surface area contributed by atoms with Crippen LogP contribution in [0.2, 0.25) is 0 Å². The number of carbonyl (C=O) groups is 2. The SMILES string of the molecule is CCCCCCCCCCCCCCN(CCCCCCCCCCCCCC)C(=O)CCC(=O)NCCNC(=S)NCCNC(=S)NCCNC(=S)NCCNC(=S)NC. The van der Waals surface area contributed by atoms with Gasteiger partial charge in [-0.15, -0.1) is 0 Å². The third-order valence-electron chi connectivity index (χ3n) is 10.5. The van der Waals surface area contributed by atoms with Gasteiger partial charge >= 0.3 is 0 Å². The lowest BCUT2D eigenvalue weighted by molar-refractivity contribution is -0.133. The number of hydrogen-bond acceptors (Lipinski definition) is 6. The molecule has 9 N–H and O–H groups in total. The Kier molecular flexibility index (Phi) is 44.0. The van der Waals surface area contributed by atoms with Gasteiger partial charge in [0.25, 0.3) is 0 Å². The molecule has 0 saturated heterocycles. The number of carbonyl (C=O) groups excluding carboxylic acids is 2. The molecule has 0 aromatic heterocycles. The fourth-order valence-electron chi connectivity index (χ4n) is 6.83. The highest BCUT2D eigenvalue weighted by Gasteiger charge is 2.15. The number of unbranched alkanes of at least 4 members (excludes halogenated alkanes) is 22. The fraction of sp³-hybridized carbons (Fsp3) is 0.867. The van der Waals surface area contributed by atoms with Crippen LogP contribution in [-0.2, 0) is 9.59 Å². The first-order chi connectivity index (χ1) is 29.7. The van der Waals surface area contributed by atoms with Crippen LogP contribution in [0.3, 0.4) is 0 Å². The van der Waals surface area contributed by atoms with E-state index in [1.165, 1.54) is 141 Å². The van der Waals surface area contributed by atoms with Crippen LogP contribution in [0, 0.1) is 0 Å². The van der Waals surface area contributed by atoms with Crippen LogP contribution < -0.4 is 47.9 Å². The molecule has 0 aliphatic rings. The van der Waals surface area contributed by atoms with Crippen LogP contribution in [0.4, 0.5) is 0 Å². The molecule has 61 heavy (non-hydrogen) atoms. The molecule has 12 nitrogen and oxygen atoms in total. The van der Waals surface area contributed by atoms with Crippen molar-refractivity contribution in [2.24, 2.45) is 0 Å². The molecule has 0 aliphatic carbocycles. The van der Waals surface area contributed by atoms with Crippen molar-refractivity contribution in [3.05, 3.63) is 0 Å². The van der Waals surface area contributed by atoms with Crippen molar-refractivity contribution in [2.75, 3.05) is 72.5 Å². The zero-order valence-corrected chi connectivity index (χ0v) is 42.1. The standard InChI is InChI=1S/C45H90N10O2S4/c1-4-6-8-10-12-14-16-18-20-22-24-26-38-55(39-27-25-23-21-19-17-15-13-11-9-7-5-2)41(57)29-28-40(56)47-30-31-49-43(59)51-34-35-53-45(61)54-37-36-52-44(60)50-33-32-48-42(58)46-3/h4-39H2,1-3H3,(H,47,56)(H2,46,48,58)(H2,49,51,59)(H2,50,52,60)(H2,53,54,61). The molecule has 0 heterocycles. The van der Waals surface area contributed by atoms with Crippen molar-refractivity contribution in [1.82, 2.24) is 52.8 Å². The third kappa shape index (κ3) is 42.8. The lowest BCUT2D eigenvalue weighted by Gasteiger charge is -2.23. The highest BCUT2D eigenvalue weighted by atomic mass is 32.1. The van der Waals surface area contributed by atoms with E-state index < -0.39 is 0 Å².